The van der Waals surface area contributed by atoms with Crippen molar-refractivity contribution >= 4 is 17.8 Å². The van der Waals surface area contributed by atoms with Gasteiger partial charge >= 0.3 is 0 Å². The van der Waals surface area contributed by atoms with Crippen molar-refractivity contribution in [3.63, 3.8) is 0 Å². The van der Waals surface area contributed by atoms with E-state index in [1.54, 1.807) is 6.33 Å². The van der Waals surface area contributed by atoms with Gasteiger partial charge < -0.3 is 25.8 Å². The Morgan fingerprint density at radius 3 is 2.71 bits per heavy atom. The molecule has 0 saturated carbocycles. The van der Waals surface area contributed by atoms with Gasteiger partial charge in [0.1, 0.15) is 6.33 Å². The van der Waals surface area contributed by atoms with Crippen LogP contribution in [0, 0.1) is 0 Å². The lowest BCUT2D eigenvalue weighted by molar-refractivity contribution is -0.134. The third-order valence-corrected chi connectivity index (χ3v) is 5.91. The van der Waals surface area contributed by atoms with Gasteiger partial charge in [-0.15, -0.1) is 0 Å². The van der Waals surface area contributed by atoms with Gasteiger partial charge in [-0.25, -0.2) is 9.97 Å². The topological polar surface area (TPSA) is 98.3 Å². The molecule has 3 saturated heterocycles. The number of nitrogens with zero attached hydrogens (tertiary/aromatic N) is 5. The summed E-state index contributed by atoms with van der Waals surface area (Å²) in [5, 5.41) is 10.3. The van der Waals surface area contributed by atoms with Crippen LogP contribution in [-0.2, 0) is 4.79 Å². The summed E-state index contributed by atoms with van der Waals surface area (Å²) in [6, 6.07) is 0.314. The first kappa shape index (κ1) is 19.3. The molecule has 4 heterocycles. The highest BCUT2D eigenvalue weighted by molar-refractivity contribution is 5.82. The van der Waals surface area contributed by atoms with E-state index in [4.69, 9.17) is 0 Å². The van der Waals surface area contributed by atoms with Crippen LogP contribution in [-0.4, -0.2) is 82.7 Å². The molecule has 0 aromatic carbocycles. The Labute approximate surface area is 166 Å². The Kier molecular flexibility index (Phi) is 5.63. The van der Waals surface area contributed by atoms with Crippen LogP contribution in [0.15, 0.2) is 6.33 Å². The van der Waals surface area contributed by atoms with Crippen molar-refractivity contribution in [2.45, 2.75) is 57.2 Å². The molecule has 4 rings (SSSR count). The molecule has 0 bridgehead atoms. The number of carbonyl (C=O) groups excluding carboxylic acids is 1. The Morgan fingerprint density at radius 1 is 1.18 bits per heavy atom. The molecular formula is C19H32N8O. The molecule has 0 aliphatic carbocycles. The number of carbonyl (C=O) groups is 1. The highest BCUT2D eigenvalue weighted by Gasteiger charge is 2.30. The Bertz CT molecular complexity index is 682. The lowest BCUT2D eigenvalue weighted by Crippen LogP contribution is -2.57. The summed E-state index contributed by atoms with van der Waals surface area (Å²) in [6.45, 7) is 9.60. The zero-order chi connectivity index (χ0) is 19.6. The van der Waals surface area contributed by atoms with Gasteiger partial charge in [0.2, 0.25) is 17.8 Å². The van der Waals surface area contributed by atoms with Gasteiger partial charge in [-0.2, -0.15) is 4.98 Å². The van der Waals surface area contributed by atoms with Crippen molar-refractivity contribution in [3.05, 3.63) is 6.33 Å². The van der Waals surface area contributed by atoms with E-state index in [2.05, 4.69) is 49.6 Å². The number of amides is 1. The number of anilines is 2. The van der Waals surface area contributed by atoms with Crippen molar-refractivity contribution in [1.29, 1.82) is 0 Å². The molecule has 0 unspecified atom stereocenters. The van der Waals surface area contributed by atoms with Crippen molar-refractivity contribution in [2.75, 3.05) is 49.5 Å². The van der Waals surface area contributed by atoms with E-state index in [9.17, 15) is 4.79 Å². The van der Waals surface area contributed by atoms with Gasteiger partial charge in [0.25, 0.3) is 0 Å². The van der Waals surface area contributed by atoms with Crippen LogP contribution in [0.4, 0.5) is 11.9 Å². The average Bonchev–Trinajstić information content (AvgIpc) is 3.22. The molecule has 3 aliphatic rings. The molecule has 9 heteroatoms. The van der Waals surface area contributed by atoms with E-state index in [0.717, 1.165) is 70.9 Å². The van der Waals surface area contributed by atoms with E-state index in [1.165, 1.54) is 0 Å². The molecular weight excluding hydrogens is 356 g/mol. The monoisotopic (exact) mass is 388 g/mol. The molecule has 1 atom stereocenters. The smallest absolute Gasteiger partial charge is 0.239 e. The number of rotatable bonds is 4. The molecule has 9 nitrogen and oxygen atoms in total. The fourth-order valence-electron chi connectivity index (χ4n) is 4.36. The summed E-state index contributed by atoms with van der Waals surface area (Å²) in [5.74, 6) is 1.62. The first-order valence-corrected chi connectivity index (χ1v) is 10.5. The highest BCUT2D eigenvalue weighted by Crippen LogP contribution is 2.19. The maximum absolute atomic E-state index is 12.5. The van der Waals surface area contributed by atoms with Crippen LogP contribution in [0.25, 0.3) is 0 Å². The number of likely N-dealkylation sites (tertiary alicyclic amines) is 1. The van der Waals surface area contributed by atoms with E-state index < -0.39 is 0 Å². The van der Waals surface area contributed by atoms with Gasteiger partial charge in [0.05, 0.1) is 6.04 Å². The van der Waals surface area contributed by atoms with Crippen LogP contribution in [0.3, 0.4) is 0 Å². The minimum absolute atomic E-state index is 0.0267. The summed E-state index contributed by atoms with van der Waals surface area (Å²) >= 11 is 0. The Hall–Kier alpha value is -2.00. The standard InChI is InChI=1S/C19H32N8O/c1-19(2)12-27(11-8-23-19)18-22-13-21-17(25-18)24-14-5-9-26(10-6-14)16(28)15-4-3-7-20-15/h13-15,20,23H,3-12H2,1-2H3,(H,21,22,24,25)/t15-/m0/s1. The van der Waals surface area contributed by atoms with Gasteiger partial charge in [-0.3, -0.25) is 4.79 Å². The van der Waals surface area contributed by atoms with Gasteiger partial charge in [-0.05, 0) is 46.1 Å². The van der Waals surface area contributed by atoms with Crippen molar-refractivity contribution in [2.24, 2.45) is 0 Å². The molecule has 28 heavy (non-hydrogen) atoms. The molecule has 154 valence electrons. The second kappa shape index (κ2) is 8.16. The van der Waals surface area contributed by atoms with E-state index in [0.29, 0.717) is 5.95 Å². The molecule has 3 fully saturated rings. The summed E-state index contributed by atoms with van der Waals surface area (Å²) in [5.41, 5.74) is 0.0476. The van der Waals surface area contributed by atoms with Crippen molar-refractivity contribution in [3.8, 4) is 0 Å². The molecule has 0 radical (unpaired) electrons. The molecule has 1 amide bonds. The summed E-state index contributed by atoms with van der Waals surface area (Å²) in [6.07, 6.45) is 5.48. The number of piperidine rings is 1. The number of aromatic nitrogens is 3. The number of hydrogen-bond donors (Lipinski definition) is 3. The maximum atomic E-state index is 12.5. The fraction of sp³-hybridized carbons (Fsp3) is 0.789. The summed E-state index contributed by atoms with van der Waals surface area (Å²) in [7, 11) is 0. The summed E-state index contributed by atoms with van der Waals surface area (Å²) in [4.78, 5) is 30.1. The van der Waals surface area contributed by atoms with E-state index >= 15 is 0 Å². The highest BCUT2D eigenvalue weighted by atomic mass is 16.2. The van der Waals surface area contributed by atoms with Gasteiger partial charge in [0.15, 0.2) is 0 Å². The zero-order valence-electron chi connectivity index (χ0n) is 16.9. The minimum Gasteiger partial charge on any atom is -0.351 e. The maximum Gasteiger partial charge on any atom is 0.239 e. The van der Waals surface area contributed by atoms with E-state index in [1.807, 2.05) is 4.90 Å². The number of nitrogens with one attached hydrogen (secondary N) is 3. The Balaban J connectivity index is 1.31. The van der Waals surface area contributed by atoms with Crippen molar-refractivity contribution < 1.29 is 4.79 Å². The lowest BCUT2D eigenvalue weighted by Gasteiger charge is -2.39. The van der Waals surface area contributed by atoms with Crippen LogP contribution in [0.1, 0.15) is 39.5 Å². The zero-order valence-corrected chi connectivity index (χ0v) is 16.9. The van der Waals surface area contributed by atoms with Crippen LogP contribution < -0.4 is 20.9 Å². The second-order valence-electron chi connectivity index (χ2n) is 8.73. The van der Waals surface area contributed by atoms with Crippen molar-refractivity contribution in [1.82, 2.24) is 30.5 Å². The molecule has 3 aliphatic heterocycles. The van der Waals surface area contributed by atoms with Gasteiger partial charge in [0, 0.05) is 44.3 Å². The molecule has 1 aromatic rings. The first-order chi connectivity index (χ1) is 13.5. The average molecular weight is 389 g/mol. The van der Waals surface area contributed by atoms with E-state index in [-0.39, 0.29) is 23.5 Å². The van der Waals surface area contributed by atoms with Crippen LogP contribution >= 0.6 is 0 Å². The number of piperazine rings is 1. The lowest BCUT2D eigenvalue weighted by atomic mass is 10.0. The predicted octanol–water partition coefficient (Wildman–Crippen LogP) is 0.215. The SMILES string of the molecule is CC1(C)CN(c2ncnc(NC3CCN(C(=O)[C@@H]4CCCN4)CC3)n2)CCN1. The van der Waals surface area contributed by atoms with Crippen LogP contribution in [0.5, 0.6) is 0 Å². The third-order valence-electron chi connectivity index (χ3n) is 5.91. The van der Waals surface area contributed by atoms with Crippen LogP contribution in [0.2, 0.25) is 0 Å². The first-order valence-electron chi connectivity index (χ1n) is 10.5. The second-order valence-corrected chi connectivity index (χ2v) is 8.73. The number of hydrogen-bond acceptors (Lipinski definition) is 8. The quantitative estimate of drug-likeness (QED) is 0.674. The molecule has 0 spiro atoms. The molecule has 1 aromatic heterocycles. The minimum atomic E-state index is 0.0267. The Morgan fingerprint density at radius 2 is 2.00 bits per heavy atom. The summed E-state index contributed by atoms with van der Waals surface area (Å²) < 4.78 is 0. The predicted molar refractivity (Wildman–Crippen MR) is 108 cm³/mol. The molecule has 3 N–H and O–H groups in total. The normalized spacial score (nSPS) is 25.7. The fourth-order valence-corrected chi connectivity index (χ4v) is 4.36. The third kappa shape index (κ3) is 4.52. The largest absolute Gasteiger partial charge is 0.351 e. The van der Waals surface area contributed by atoms with Gasteiger partial charge in [-0.1, -0.05) is 0 Å².